The maximum absolute atomic E-state index is 13.8. The molecule has 49 heavy (non-hydrogen) atoms. The number of hydrogen-bond acceptors (Lipinski definition) is 11. The molecule has 2 aliphatic heterocycles. The summed E-state index contributed by atoms with van der Waals surface area (Å²) < 4.78 is 77.0. The largest absolute Gasteiger partial charge is 0.870 e. The van der Waals surface area contributed by atoms with E-state index in [9.17, 15) is 22.0 Å². The van der Waals surface area contributed by atoms with E-state index >= 15 is 0 Å². The molecule has 0 amide bonds. The molecule has 2 saturated heterocycles. The summed E-state index contributed by atoms with van der Waals surface area (Å²) in [6, 6.07) is 7.40. The summed E-state index contributed by atoms with van der Waals surface area (Å²) in [7, 11) is -4.13. The number of hydrogen-bond donors (Lipinski definition) is 0. The maximum Gasteiger partial charge on any atom is 0.387 e. The van der Waals surface area contributed by atoms with Crippen molar-refractivity contribution in [3.8, 4) is 11.5 Å². The molecule has 2 aromatic heterocycles. The lowest BCUT2D eigenvalue weighted by Gasteiger charge is -2.28. The lowest BCUT2D eigenvalue weighted by molar-refractivity contribution is -0.377. The van der Waals surface area contributed by atoms with E-state index in [1.165, 1.54) is 42.9 Å². The number of sulfonamides is 1. The van der Waals surface area contributed by atoms with Gasteiger partial charge in [0.2, 0.25) is 10.0 Å². The molecule has 3 fully saturated rings. The standard InChI is InChI=1S/C31H32Cl2F2N4O7S2.H2O/c32-23-16-36-17-24(33)22(23)14-26(20-3-5-25(46-31(34)35)27(13-20)44-18-19-1-2-19)45-30(40)29-39(9-12-47-29)48(41,42)21-4-6-28(37-15-21)38-7-10-43-11-8-38;/h3-6,13,15-17,19,26,29,31H,1-2,7-12,14,18H2;1H2/t26-,29-;/m0./s1. The Hall–Kier alpha value is -2.99. The van der Waals surface area contributed by atoms with Gasteiger partial charge in [-0.05, 0) is 48.6 Å². The van der Waals surface area contributed by atoms with Gasteiger partial charge in [-0.25, -0.2) is 23.2 Å². The number of benzene rings is 1. The monoisotopic (exact) mass is 762 g/mol. The Bertz CT molecular complexity index is 1700. The Morgan fingerprint density at radius 2 is 1.82 bits per heavy atom. The molecule has 266 valence electrons. The summed E-state index contributed by atoms with van der Waals surface area (Å²) in [5.74, 6) is 0.389. The number of thioether (sulfide) groups is 1. The van der Waals surface area contributed by atoms with Crippen molar-refractivity contribution >= 4 is 56.8 Å². The van der Waals surface area contributed by atoms with Gasteiger partial charge < -0.3 is 29.3 Å². The molecule has 4 heterocycles. The predicted octanol–water partition coefficient (Wildman–Crippen LogP) is 4.84. The number of carbonyl (C=O) groups excluding carboxylic acids is 1. The smallest absolute Gasteiger partial charge is 0.387 e. The number of halogens is 4. The first-order valence-electron chi connectivity index (χ1n) is 15.3. The highest BCUT2D eigenvalue weighted by molar-refractivity contribution is 8.02. The van der Waals surface area contributed by atoms with Gasteiger partial charge in [-0.3, -0.25) is 0 Å². The van der Waals surface area contributed by atoms with Gasteiger partial charge >= 0.3 is 12.6 Å². The summed E-state index contributed by atoms with van der Waals surface area (Å²) in [5.41, 5.74) is 0.842. The molecule has 1 aliphatic carbocycles. The maximum atomic E-state index is 13.8. The molecule has 1 saturated carbocycles. The number of ether oxygens (including phenoxy) is 4. The lowest BCUT2D eigenvalue weighted by Crippen LogP contribution is -2.41. The second-order valence-electron chi connectivity index (χ2n) is 11.4. The van der Waals surface area contributed by atoms with Crippen LogP contribution in [0.15, 0.2) is 53.8 Å². The SMILES string of the molecule is O=C(O[C@@H](Cc1c(Cl)c[nH+]cc1Cl)c1ccc(OC(F)F)c(OCC2CC2)c1)[C@@H]1SCCN1S(=O)(=O)c1ccc(N2CCOCC2)nc1.[OH-]. The average Bonchev–Trinajstić information content (AvgIpc) is 3.77. The Kier molecular flexibility index (Phi) is 12.4. The van der Waals surface area contributed by atoms with E-state index in [4.69, 9.17) is 37.4 Å². The van der Waals surface area contributed by atoms with E-state index in [0.717, 1.165) is 28.9 Å². The molecule has 0 bridgehead atoms. The van der Waals surface area contributed by atoms with Crippen LogP contribution in [0.4, 0.5) is 14.6 Å². The first-order chi connectivity index (χ1) is 23.1. The fourth-order valence-electron chi connectivity index (χ4n) is 5.33. The first kappa shape index (κ1) is 37.3. The zero-order chi connectivity index (χ0) is 33.8. The molecule has 0 radical (unpaired) electrons. The van der Waals surface area contributed by atoms with E-state index < -0.39 is 34.1 Å². The molecule has 0 spiro atoms. The van der Waals surface area contributed by atoms with Crippen LogP contribution in [0.25, 0.3) is 0 Å². The van der Waals surface area contributed by atoms with Crippen molar-refractivity contribution in [1.82, 2.24) is 9.29 Å². The number of aromatic amines is 1. The molecule has 6 rings (SSSR count). The van der Waals surface area contributed by atoms with Crippen LogP contribution in [0.3, 0.4) is 0 Å². The van der Waals surface area contributed by atoms with Crippen molar-refractivity contribution in [1.29, 1.82) is 0 Å². The van der Waals surface area contributed by atoms with E-state index in [1.807, 2.05) is 4.90 Å². The molecule has 3 aliphatic rings. The third-order valence-electron chi connectivity index (χ3n) is 8.08. The quantitative estimate of drug-likeness (QED) is 0.220. The van der Waals surface area contributed by atoms with Crippen molar-refractivity contribution < 1.29 is 51.4 Å². The highest BCUT2D eigenvalue weighted by Gasteiger charge is 2.42. The second kappa shape index (κ2) is 16.4. The topological polar surface area (TPSA) is 152 Å². The van der Waals surface area contributed by atoms with Gasteiger partial charge in [0.1, 0.15) is 26.9 Å². The minimum atomic E-state index is -4.13. The summed E-state index contributed by atoms with van der Waals surface area (Å²) in [6.07, 6.45) is 5.21. The fraction of sp³-hybridized carbons (Fsp3) is 0.452. The van der Waals surface area contributed by atoms with Gasteiger partial charge in [-0.2, -0.15) is 13.1 Å². The summed E-state index contributed by atoms with van der Waals surface area (Å²) in [6.45, 7) is -0.289. The summed E-state index contributed by atoms with van der Waals surface area (Å²) in [5, 5.41) is -0.642. The first-order valence-corrected chi connectivity index (χ1v) is 18.5. The normalized spacial score (nSPS) is 19.0. The zero-order valence-electron chi connectivity index (χ0n) is 26.0. The molecule has 1 aromatic carbocycles. The number of anilines is 1. The minimum Gasteiger partial charge on any atom is -0.870 e. The Morgan fingerprint density at radius 1 is 1.08 bits per heavy atom. The molecule has 2 atom stereocenters. The number of rotatable bonds is 13. The molecule has 0 unspecified atom stereocenters. The minimum absolute atomic E-state index is 0. The van der Waals surface area contributed by atoms with Crippen LogP contribution in [0.2, 0.25) is 10.0 Å². The van der Waals surface area contributed by atoms with Crippen molar-refractivity contribution in [3.63, 3.8) is 0 Å². The van der Waals surface area contributed by atoms with Gasteiger partial charge in [0.05, 0.1) is 19.8 Å². The number of esters is 1. The van der Waals surface area contributed by atoms with E-state index in [2.05, 4.69) is 14.7 Å². The Labute approximate surface area is 296 Å². The number of nitrogens with zero attached hydrogens (tertiary/aromatic N) is 3. The number of nitrogens with one attached hydrogen (secondary N) is 1. The molecule has 18 heteroatoms. The summed E-state index contributed by atoms with van der Waals surface area (Å²) >= 11 is 14.0. The Morgan fingerprint density at radius 3 is 2.47 bits per heavy atom. The van der Waals surface area contributed by atoms with Crippen LogP contribution in [-0.2, 0) is 30.7 Å². The molecular weight excluding hydrogens is 729 g/mol. The third-order valence-corrected chi connectivity index (χ3v) is 11.9. The number of carbonyl (C=O) groups is 1. The van der Waals surface area contributed by atoms with Gasteiger partial charge in [-0.1, -0.05) is 29.3 Å². The molecule has 2 N–H and O–H groups in total. The van der Waals surface area contributed by atoms with Gasteiger partial charge in [0.25, 0.3) is 0 Å². The van der Waals surface area contributed by atoms with Gasteiger partial charge in [0, 0.05) is 43.6 Å². The number of aromatic nitrogens is 2. The number of alkyl halides is 2. The van der Waals surface area contributed by atoms with E-state index in [1.54, 1.807) is 6.07 Å². The van der Waals surface area contributed by atoms with E-state index in [0.29, 0.717) is 61.5 Å². The van der Waals surface area contributed by atoms with E-state index in [-0.39, 0.29) is 44.9 Å². The van der Waals surface area contributed by atoms with Crippen LogP contribution in [0, 0.1) is 5.92 Å². The molecule has 3 aromatic rings. The number of pyridine rings is 2. The van der Waals surface area contributed by atoms with Crippen molar-refractivity contribution in [3.05, 3.63) is 70.1 Å². The fourth-order valence-corrected chi connectivity index (χ4v) is 8.86. The number of morpholine rings is 1. The zero-order valence-corrected chi connectivity index (χ0v) is 29.1. The van der Waals surface area contributed by atoms with Crippen molar-refractivity contribution in [2.75, 3.05) is 50.1 Å². The molecular formula is C31H34Cl2F2N4O8S2. The van der Waals surface area contributed by atoms with Gasteiger partial charge in [-0.15, -0.1) is 11.8 Å². The predicted molar refractivity (Wildman–Crippen MR) is 176 cm³/mol. The van der Waals surface area contributed by atoms with Crippen LogP contribution >= 0.6 is 35.0 Å². The van der Waals surface area contributed by atoms with Crippen LogP contribution < -0.4 is 19.4 Å². The highest BCUT2D eigenvalue weighted by atomic mass is 35.5. The lowest BCUT2D eigenvalue weighted by atomic mass is 10.0. The molecule has 12 nitrogen and oxygen atoms in total. The van der Waals surface area contributed by atoms with Crippen molar-refractivity contribution in [2.45, 2.75) is 42.2 Å². The summed E-state index contributed by atoms with van der Waals surface area (Å²) in [4.78, 5) is 23.0. The van der Waals surface area contributed by atoms with Crippen LogP contribution in [0.1, 0.15) is 30.1 Å². The Balaban J connectivity index is 0.00000468. The number of H-pyrrole nitrogens is 1. The average molecular weight is 764 g/mol. The van der Waals surface area contributed by atoms with Crippen molar-refractivity contribution in [2.24, 2.45) is 5.92 Å². The highest BCUT2D eigenvalue weighted by Crippen LogP contribution is 2.39. The van der Waals surface area contributed by atoms with Crippen LogP contribution in [0.5, 0.6) is 11.5 Å². The van der Waals surface area contributed by atoms with Gasteiger partial charge in [0.15, 0.2) is 29.3 Å². The third kappa shape index (κ3) is 9.03. The van der Waals surface area contributed by atoms with Crippen LogP contribution in [-0.4, -0.2) is 86.3 Å². The second-order valence-corrected chi connectivity index (χ2v) is 15.3.